The number of nitrogens with one attached hydrogen (secondary N) is 1. The third-order valence-electron chi connectivity index (χ3n) is 4.65. The van der Waals surface area contributed by atoms with Crippen molar-refractivity contribution in [3.8, 4) is 5.88 Å². The van der Waals surface area contributed by atoms with Gasteiger partial charge in [-0.15, -0.1) is 0 Å². The van der Waals surface area contributed by atoms with Gasteiger partial charge >= 0.3 is 6.03 Å². The maximum atomic E-state index is 13.4. The van der Waals surface area contributed by atoms with Gasteiger partial charge in [-0.05, 0) is 37.6 Å². The number of halogens is 2. The van der Waals surface area contributed by atoms with E-state index in [1.165, 1.54) is 19.2 Å². The first kappa shape index (κ1) is 18.9. The van der Waals surface area contributed by atoms with Crippen molar-refractivity contribution in [2.24, 2.45) is 0 Å². The number of aryl methyl sites for hydroxylation is 2. The Morgan fingerprint density at radius 2 is 1.70 bits per heavy atom. The topological polar surface area (TPSA) is 57.7 Å². The summed E-state index contributed by atoms with van der Waals surface area (Å²) in [4.78, 5) is 20.4. The van der Waals surface area contributed by atoms with Crippen LogP contribution in [0.3, 0.4) is 0 Å². The number of piperazine rings is 1. The Balaban J connectivity index is 1.64. The highest BCUT2D eigenvalue weighted by Crippen LogP contribution is 2.25. The molecule has 0 atom stereocenters. The predicted octanol–water partition coefficient (Wildman–Crippen LogP) is 3.34. The van der Waals surface area contributed by atoms with Crippen molar-refractivity contribution in [1.82, 2.24) is 9.88 Å². The number of anilines is 2. The maximum absolute atomic E-state index is 13.4. The molecule has 1 aliphatic heterocycles. The number of rotatable bonds is 3. The molecule has 3 rings (SSSR count). The van der Waals surface area contributed by atoms with Gasteiger partial charge in [0.25, 0.3) is 0 Å². The van der Waals surface area contributed by atoms with Crippen molar-refractivity contribution in [2.45, 2.75) is 13.8 Å². The monoisotopic (exact) mass is 376 g/mol. The summed E-state index contributed by atoms with van der Waals surface area (Å²) in [5.41, 5.74) is 2.78. The summed E-state index contributed by atoms with van der Waals surface area (Å²) in [6.07, 6.45) is 0. The average Bonchev–Trinajstić information content (AvgIpc) is 2.63. The molecule has 0 radical (unpaired) electrons. The quantitative estimate of drug-likeness (QED) is 0.893. The molecule has 1 fully saturated rings. The van der Waals surface area contributed by atoms with Crippen LogP contribution in [0.4, 0.5) is 25.0 Å². The third-order valence-corrected chi connectivity index (χ3v) is 4.65. The van der Waals surface area contributed by atoms with E-state index in [1.807, 2.05) is 24.8 Å². The number of methoxy groups -OCH3 is 1. The molecule has 0 unspecified atom stereocenters. The van der Waals surface area contributed by atoms with Crippen molar-refractivity contribution in [3.63, 3.8) is 0 Å². The number of carbonyl (C=O) groups excluding carboxylic acids is 1. The van der Waals surface area contributed by atoms with Gasteiger partial charge < -0.3 is 19.9 Å². The first-order valence-corrected chi connectivity index (χ1v) is 8.66. The minimum atomic E-state index is -0.612. The molecular formula is C19H22F2N4O2. The second-order valence-corrected chi connectivity index (χ2v) is 6.48. The van der Waals surface area contributed by atoms with Crippen LogP contribution in [-0.2, 0) is 0 Å². The minimum absolute atomic E-state index is 0.261. The van der Waals surface area contributed by atoms with Gasteiger partial charge in [-0.25, -0.2) is 18.6 Å². The molecule has 2 aromatic rings. The molecule has 1 aliphatic rings. The van der Waals surface area contributed by atoms with Crippen molar-refractivity contribution in [1.29, 1.82) is 0 Å². The molecule has 1 N–H and O–H groups in total. The van der Waals surface area contributed by atoms with Crippen LogP contribution >= 0.6 is 0 Å². The zero-order valence-corrected chi connectivity index (χ0v) is 15.6. The van der Waals surface area contributed by atoms with Crippen molar-refractivity contribution in [2.75, 3.05) is 43.5 Å². The number of urea groups is 1. The van der Waals surface area contributed by atoms with Gasteiger partial charge in [0, 0.05) is 43.6 Å². The number of nitrogens with zero attached hydrogens (tertiary/aromatic N) is 3. The van der Waals surface area contributed by atoms with E-state index in [0.717, 1.165) is 17.3 Å². The molecule has 144 valence electrons. The second-order valence-electron chi connectivity index (χ2n) is 6.48. The van der Waals surface area contributed by atoms with Crippen LogP contribution in [0, 0.1) is 25.5 Å². The summed E-state index contributed by atoms with van der Waals surface area (Å²) in [6, 6.07) is 5.00. The van der Waals surface area contributed by atoms with Gasteiger partial charge in [0.1, 0.15) is 17.3 Å². The fourth-order valence-corrected chi connectivity index (χ4v) is 3.01. The summed E-state index contributed by atoms with van der Waals surface area (Å²) in [5, 5.41) is 2.83. The van der Waals surface area contributed by atoms with Crippen LogP contribution in [-0.4, -0.2) is 49.2 Å². The molecule has 1 aromatic heterocycles. The van der Waals surface area contributed by atoms with Gasteiger partial charge in [-0.2, -0.15) is 0 Å². The van der Waals surface area contributed by atoms with E-state index < -0.39 is 11.6 Å². The lowest BCUT2D eigenvalue weighted by Gasteiger charge is -2.36. The molecule has 1 saturated heterocycles. The zero-order valence-electron chi connectivity index (χ0n) is 15.6. The fourth-order valence-electron chi connectivity index (χ4n) is 3.01. The lowest BCUT2D eigenvalue weighted by atomic mass is 10.2. The smallest absolute Gasteiger partial charge is 0.322 e. The number of pyridine rings is 1. The van der Waals surface area contributed by atoms with E-state index >= 15 is 0 Å². The van der Waals surface area contributed by atoms with Crippen LogP contribution in [0.1, 0.15) is 11.3 Å². The Hall–Kier alpha value is -2.90. The Labute approximate surface area is 156 Å². The van der Waals surface area contributed by atoms with Crippen molar-refractivity contribution in [3.05, 3.63) is 47.2 Å². The molecule has 27 heavy (non-hydrogen) atoms. The predicted molar refractivity (Wildman–Crippen MR) is 99.4 cm³/mol. The molecule has 0 spiro atoms. The largest absolute Gasteiger partial charge is 0.480 e. The standard InChI is InChI=1S/C19H22F2N4O2/c1-12-8-17(18(27-3)22-13(12)2)23-19(26)25-6-4-24(5-7-25)16-10-14(20)9-15(21)11-16/h8-11H,4-7H2,1-3H3,(H,23,26). The third kappa shape index (κ3) is 4.27. The van der Waals surface area contributed by atoms with E-state index in [0.29, 0.717) is 43.4 Å². The fraction of sp³-hybridized carbons (Fsp3) is 0.368. The maximum Gasteiger partial charge on any atom is 0.322 e. The lowest BCUT2D eigenvalue weighted by Crippen LogP contribution is -2.50. The number of amides is 2. The molecular weight excluding hydrogens is 354 g/mol. The first-order valence-electron chi connectivity index (χ1n) is 8.66. The van der Waals surface area contributed by atoms with E-state index in [4.69, 9.17) is 4.74 Å². The Kier molecular flexibility index (Phi) is 5.43. The van der Waals surface area contributed by atoms with Crippen molar-refractivity contribution >= 4 is 17.4 Å². The number of aromatic nitrogens is 1. The van der Waals surface area contributed by atoms with E-state index in [-0.39, 0.29) is 6.03 Å². The second kappa shape index (κ2) is 7.77. The normalized spacial score (nSPS) is 14.3. The summed E-state index contributed by atoms with van der Waals surface area (Å²) in [6.45, 7) is 5.62. The molecule has 0 aliphatic carbocycles. The summed E-state index contributed by atoms with van der Waals surface area (Å²) in [5.74, 6) is -0.862. The Morgan fingerprint density at radius 3 is 2.30 bits per heavy atom. The molecule has 1 aromatic carbocycles. The Bertz CT molecular complexity index is 832. The number of benzene rings is 1. The average molecular weight is 376 g/mol. The van der Waals surface area contributed by atoms with Gasteiger partial charge in [-0.1, -0.05) is 0 Å². The highest BCUT2D eigenvalue weighted by Gasteiger charge is 2.23. The van der Waals surface area contributed by atoms with Crippen LogP contribution in [0.5, 0.6) is 5.88 Å². The molecule has 6 nitrogen and oxygen atoms in total. The van der Waals surface area contributed by atoms with Crippen LogP contribution in [0.2, 0.25) is 0 Å². The molecule has 0 bridgehead atoms. The molecule has 8 heteroatoms. The van der Waals surface area contributed by atoms with E-state index in [2.05, 4.69) is 10.3 Å². The van der Waals surface area contributed by atoms with Crippen LogP contribution in [0.25, 0.3) is 0 Å². The van der Waals surface area contributed by atoms with Crippen molar-refractivity contribution < 1.29 is 18.3 Å². The van der Waals surface area contributed by atoms with E-state index in [1.54, 1.807) is 4.90 Å². The summed E-state index contributed by atoms with van der Waals surface area (Å²) < 4.78 is 32.1. The molecule has 2 amide bonds. The summed E-state index contributed by atoms with van der Waals surface area (Å²) >= 11 is 0. The highest BCUT2D eigenvalue weighted by atomic mass is 19.1. The van der Waals surface area contributed by atoms with E-state index in [9.17, 15) is 13.6 Å². The van der Waals surface area contributed by atoms with Gasteiger partial charge in [-0.3, -0.25) is 0 Å². The number of carbonyl (C=O) groups is 1. The minimum Gasteiger partial charge on any atom is -0.480 e. The Morgan fingerprint density at radius 1 is 1.07 bits per heavy atom. The van der Waals surface area contributed by atoms with Gasteiger partial charge in [0.2, 0.25) is 5.88 Å². The summed E-state index contributed by atoms with van der Waals surface area (Å²) in [7, 11) is 1.50. The number of ether oxygens (including phenoxy) is 1. The first-order chi connectivity index (χ1) is 12.9. The van der Waals surface area contributed by atoms with Crippen LogP contribution < -0.4 is 15.0 Å². The highest BCUT2D eigenvalue weighted by molar-refractivity contribution is 5.91. The van der Waals surface area contributed by atoms with Gasteiger partial charge in [0.05, 0.1) is 7.11 Å². The number of hydrogen-bond acceptors (Lipinski definition) is 4. The zero-order chi connectivity index (χ0) is 19.6. The number of hydrogen-bond donors (Lipinski definition) is 1. The SMILES string of the molecule is COc1nc(C)c(C)cc1NC(=O)N1CCN(c2cc(F)cc(F)c2)CC1. The van der Waals surface area contributed by atoms with Crippen LogP contribution in [0.15, 0.2) is 24.3 Å². The van der Waals surface area contributed by atoms with Gasteiger partial charge in [0.15, 0.2) is 0 Å². The molecule has 0 saturated carbocycles. The lowest BCUT2D eigenvalue weighted by molar-refractivity contribution is 0.208. The molecule has 2 heterocycles.